The van der Waals surface area contributed by atoms with Crippen molar-refractivity contribution in [3.63, 3.8) is 0 Å². The standard InChI is InChI=1S/C27H28N4O3/c1-5-17(3)25(32)22-12-9-20(15-18(22)6-2)31(4)19-7-10-21(11-8-19)34-27-29-24-16-28-14-13-23(24)26(33)30-27/h7-17H,5-6H2,1-4H3,(H,29,30,33). The van der Waals surface area contributed by atoms with Crippen molar-refractivity contribution in [2.75, 3.05) is 11.9 Å². The van der Waals surface area contributed by atoms with E-state index in [0.29, 0.717) is 16.7 Å². The minimum absolute atomic E-state index is 0.0183. The molecule has 4 rings (SSSR count). The van der Waals surface area contributed by atoms with Gasteiger partial charge in [-0.1, -0.05) is 20.8 Å². The highest BCUT2D eigenvalue weighted by atomic mass is 16.5. The van der Waals surface area contributed by atoms with Crippen molar-refractivity contribution >= 4 is 28.1 Å². The van der Waals surface area contributed by atoms with E-state index >= 15 is 0 Å². The van der Waals surface area contributed by atoms with E-state index in [1.165, 1.54) is 6.20 Å². The van der Waals surface area contributed by atoms with Crippen molar-refractivity contribution in [3.05, 3.63) is 82.4 Å². The van der Waals surface area contributed by atoms with Gasteiger partial charge in [-0.15, -0.1) is 0 Å². The van der Waals surface area contributed by atoms with Gasteiger partial charge < -0.3 is 9.64 Å². The van der Waals surface area contributed by atoms with E-state index < -0.39 is 0 Å². The molecule has 2 aromatic heterocycles. The second-order valence-electron chi connectivity index (χ2n) is 8.29. The van der Waals surface area contributed by atoms with E-state index in [-0.39, 0.29) is 23.3 Å². The molecule has 174 valence electrons. The van der Waals surface area contributed by atoms with Gasteiger partial charge in [-0.25, -0.2) is 0 Å². The molecule has 1 atom stereocenters. The van der Waals surface area contributed by atoms with E-state index in [1.807, 2.05) is 57.3 Å². The Balaban J connectivity index is 1.54. The fraction of sp³-hybridized carbons (Fsp3) is 0.259. The summed E-state index contributed by atoms with van der Waals surface area (Å²) < 4.78 is 5.77. The van der Waals surface area contributed by atoms with Gasteiger partial charge in [-0.2, -0.15) is 4.98 Å². The first-order valence-corrected chi connectivity index (χ1v) is 11.4. The highest BCUT2D eigenvalue weighted by molar-refractivity contribution is 5.99. The number of anilines is 2. The molecule has 34 heavy (non-hydrogen) atoms. The van der Waals surface area contributed by atoms with Gasteiger partial charge in [-0.3, -0.25) is 19.6 Å². The molecule has 0 amide bonds. The van der Waals surface area contributed by atoms with Crippen LogP contribution in [0.5, 0.6) is 11.8 Å². The third kappa shape index (κ3) is 4.69. The van der Waals surface area contributed by atoms with Crippen molar-refractivity contribution < 1.29 is 9.53 Å². The number of aromatic amines is 1. The summed E-state index contributed by atoms with van der Waals surface area (Å²) in [7, 11) is 1.98. The molecule has 0 saturated heterocycles. The third-order valence-electron chi connectivity index (χ3n) is 6.11. The SMILES string of the molecule is CCc1cc(N(C)c2ccc(Oc3nc4cnccc4c(=O)[nH]3)cc2)ccc1C(=O)C(C)CC. The largest absolute Gasteiger partial charge is 0.426 e. The van der Waals surface area contributed by atoms with Crippen LogP contribution in [0.1, 0.15) is 43.1 Å². The van der Waals surface area contributed by atoms with Crippen molar-refractivity contribution in [1.29, 1.82) is 0 Å². The summed E-state index contributed by atoms with van der Waals surface area (Å²) in [5.74, 6) is 0.767. The first-order valence-electron chi connectivity index (χ1n) is 11.4. The van der Waals surface area contributed by atoms with Crippen LogP contribution in [0.15, 0.2) is 65.7 Å². The number of fused-ring (bicyclic) bond motifs is 1. The summed E-state index contributed by atoms with van der Waals surface area (Å²) in [6.07, 6.45) is 4.70. The molecule has 0 radical (unpaired) electrons. The number of H-pyrrole nitrogens is 1. The molecule has 0 aliphatic rings. The van der Waals surface area contributed by atoms with Gasteiger partial charge in [0.25, 0.3) is 5.56 Å². The minimum atomic E-state index is -0.277. The summed E-state index contributed by atoms with van der Waals surface area (Å²) in [6, 6.07) is 15.2. The maximum absolute atomic E-state index is 12.7. The van der Waals surface area contributed by atoms with E-state index in [0.717, 1.165) is 35.3 Å². The lowest BCUT2D eigenvalue weighted by Gasteiger charge is -2.22. The Morgan fingerprint density at radius 1 is 1.09 bits per heavy atom. The molecule has 7 heteroatoms. The highest BCUT2D eigenvalue weighted by Crippen LogP contribution is 2.29. The molecule has 7 nitrogen and oxygen atoms in total. The first-order chi connectivity index (χ1) is 16.4. The molecule has 2 heterocycles. The molecule has 0 aliphatic carbocycles. The van der Waals surface area contributed by atoms with Crippen LogP contribution in [-0.2, 0) is 6.42 Å². The molecule has 0 bridgehead atoms. The van der Waals surface area contributed by atoms with Crippen LogP contribution in [0.3, 0.4) is 0 Å². The number of benzene rings is 2. The Labute approximate surface area is 198 Å². The second kappa shape index (κ2) is 9.87. The van der Waals surface area contributed by atoms with Crippen LogP contribution in [0.2, 0.25) is 0 Å². The summed E-state index contributed by atoms with van der Waals surface area (Å²) in [5.41, 5.74) is 4.01. The lowest BCUT2D eigenvalue weighted by atomic mass is 9.92. The van der Waals surface area contributed by atoms with Gasteiger partial charge in [0.15, 0.2) is 5.78 Å². The molecule has 0 aliphatic heterocycles. The lowest BCUT2D eigenvalue weighted by molar-refractivity contribution is 0.0926. The molecule has 4 aromatic rings. The van der Waals surface area contributed by atoms with E-state index in [9.17, 15) is 9.59 Å². The van der Waals surface area contributed by atoms with Gasteiger partial charge in [-0.05, 0) is 66.9 Å². The monoisotopic (exact) mass is 456 g/mol. The van der Waals surface area contributed by atoms with Crippen LogP contribution in [0, 0.1) is 5.92 Å². The number of hydrogen-bond donors (Lipinski definition) is 1. The predicted octanol–water partition coefficient (Wildman–Crippen LogP) is 5.67. The minimum Gasteiger partial charge on any atom is -0.426 e. The summed E-state index contributed by atoms with van der Waals surface area (Å²) >= 11 is 0. The number of pyridine rings is 1. The van der Waals surface area contributed by atoms with E-state index in [1.54, 1.807) is 12.3 Å². The zero-order valence-corrected chi connectivity index (χ0v) is 19.8. The number of rotatable bonds is 8. The molecule has 0 saturated carbocycles. The maximum Gasteiger partial charge on any atom is 0.302 e. The molecule has 1 N–H and O–H groups in total. The van der Waals surface area contributed by atoms with Gasteiger partial charge >= 0.3 is 6.01 Å². The van der Waals surface area contributed by atoms with Crippen LogP contribution in [0.25, 0.3) is 10.9 Å². The van der Waals surface area contributed by atoms with Gasteiger partial charge in [0, 0.05) is 36.1 Å². The molecular weight excluding hydrogens is 428 g/mol. The second-order valence-corrected chi connectivity index (χ2v) is 8.29. The fourth-order valence-corrected chi connectivity index (χ4v) is 3.79. The predicted molar refractivity (Wildman–Crippen MR) is 134 cm³/mol. The highest BCUT2D eigenvalue weighted by Gasteiger charge is 2.17. The average Bonchev–Trinajstić information content (AvgIpc) is 2.87. The smallest absolute Gasteiger partial charge is 0.302 e. The quantitative estimate of drug-likeness (QED) is 0.344. The Kier molecular flexibility index (Phi) is 6.72. The number of aryl methyl sites for hydroxylation is 1. The number of ketones is 1. The number of nitrogens with one attached hydrogen (secondary N) is 1. The third-order valence-corrected chi connectivity index (χ3v) is 6.11. The van der Waals surface area contributed by atoms with Crippen molar-refractivity contribution in [2.24, 2.45) is 5.92 Å². The lowest BCUT2D eigenvalue weighted by Crippen LogP contribution is -2.14. The number of aromatic nitrogens is 3. The number of hydrogen-bond acceptors (Lipinski definition) is 6. The zero-order chi connectivity index (χ0) is 24.2. The molecule has 1 unspecified atom stereocenters. The molecule has 0 spiro atoms. The van der Waals surface area contributed by atoms with Crippen LogP contribution >= 0.6 is 0 Å². The Morgan fingerprint density at radius 3 is 2.53 bits per heavy atom. The molecule has 0 fully saturated rings. The number of ether oxygens (including phenoxy) is 1. The number of carbonyl (C=O) groups excluding carboxylic acids is 1. The fourth-order valence-electron chi connectivity index (χ4n) is 3.79. The van der Waals surface area contributed by atoms with Gasteiger partial charge in [0.1, 0.15) is 5.75 Å². The van der Waals surface area contributed by atoms with Gasteiger partial charge in [0.05, 0.1) is 17.1 Å². The Morgan fingerprint density at radius 2 is 1.82 bits per heavy atom. The number of nitrogens with zero attached hydrogens (tertiary/aromatic N) is 3. The number of carbonyl (C=O) groups is 1. The van der Waals surface area contributed by atoms with Crippen LogP contribution < -0.4 is 15.2 Å². The van der Waals surface area contributed by atoms with E-state index in [4.69, 9.17) is 4.74 Å². The van der Waals surface area contributed by atoms with Crippen molar-refractivity contribution in [1.82, 2.24) is 15.0 Å². The van der Waals surface area contributed by atoms with Crippen LogP contribution in [-0.4, -0.2) is 27.8 Å². The summed E-state index contributed by atoms with van der Waals surface area (Å²) in [5, 5.41) is 0.461. The van der Waals surface area contributed by atoms with E-state index in [2.05, 4.69) is 32.8 Å². The summed E-state index contributed by atoms with van der Waals surface area (Å²) in [4.78, 5) is 38.0. The van der Waals surface area contributed by atoms with Crippen molar-refractivity contribution in [3.8, 4) is 11.8 Å². The first kappa shape index (κ1) is 23.2. The molecule has 2 aromatic carbocycles. The van der Waals surface area contributed by atoms with Crippen molar-refractivity contribution in [2.45, 2.75) is 33.6 Å². The Hall–Kier alpha value is -4.00. The van der Waals surface area contributed by atoms with Crippen LogP contribution in [0.4, 0.5) is 11.4 Å². The maximum atomic E-state index is 12.7. The van der Waals surface area contributed by atoms with Gasteiger partial charge in [0.2, 0.25) is 0 Å². The average molecular weight is 457 g/mol. The zero-order valence-electron chi connectivity index (χ0n) is 19.8. The Bertz CT molecular complexity index is 1380. The molecular formula is C27H28N4O3. The normalized spacial score (nSPS) is 11.9. The summed E-state index contributed by atoms with van der Waals surface area (Å²) in [6.45, 7) is 6.08. The number of Topliss-reactive ketones (excluding diaryl/α,β-unsaturated/α-hetero) is 1. The topological polar surface area (TPSA) is 88.2 Å².